The first-order valence-electron chi connectivity index (χ1n) is 8.92. The van der Waals surface area contributed by atoms with Crippen LogP contribution in [0.15, 0.2) is 29.1 Å². The summed E-state index contributed by atoms with van der Waals surface area (Å²) in [6.45, 7) is 9.51. The number of aryl methyl sites for hydroxylation is 1. The second-order valence-electron chi connectivity index (χ2n) is 8.65. The number of para-hydroxylation sites is 2. The van der Waals surface area contributed by atoms with Gasteiger partial charge in [-0.2, -0.15) is 0 Å². The Morgan fingerprint density at radius 2 is 1.64 bits per heavy atom. The Hall–Kier alpha value is -2.32. The smallest absolute Gasteiger partial charge is 0.337 e. The number of imidazole rings is 1. The molecule has 0 aliphatic rings. The highest BCUT2D eigenvalue weighted by Gasteiger charge is 2.32. The summed E-state index contributed by atoms with van der Waals surface area (Å²) in [6.07, 6.45) is 0.564. The number of carbonyl (C=O) groups excluding carboxylic acids is 2. The van der Waals surface area contributed by atoms with E-state index in [0.29, 0.717) is 24.0 Å². The fourth-order valence-electron chi connectivity index (χ4n) is 2.92. The van der Waals surface area contributed by atoms with E-state index in [4.69, 9.17) is 11.5 Å². The van der Waals surface area contributed by atoms with Crippen LogP contribution in [0.25, 0.3) is 11.0 Å². The van der Waals surface area contributed by atoms with E-state index in [0.717, 1.165) is 4.57 Å². The molecule has 156 valence electrons. The maximum atomic E-state index is 13.0. The highest BCUT2D eigenvalue weighted by molar-refractivity contribution is 5.92. The van der Waals surface area contributed by atoms with E-state index in [1.807, 2.05) is 13.8 Å². The number of nitrogens with zero attached hydrogens (tertiary/aromatic N) is 2. The lowest BCUT2D eigenvalue weighted by molar-refractivity contribution is -0.122. The van der Waals surface area contributed by atoms with Gasteiger partial charge in [-0.25, -0.2) is 14.2 Å². The van der Waals surface area contributed by atoms with Gasteiger partial charge in [-0.15, -0.1) is 12.4 Å². The lowest BCUT2D eigenvalue weighted by Gasteiger charge is -2.28. The molecule has 0 saturated carbocycles. The molecule has 0 spiro atoms. The zero-order valence-electron chi connectivity index (χ0n) is 17.0. The van der Waals surface area contributed by atoms with Crippen molar-refractivity contribution in [2.45, 2.75) is 59.2 Å². The molecule has 2 amide bonds. The molecule has 0 unspecified atom stereocenters. The first kappa shape index (κ1) is 23.7. The molecular formula is C19H30ClN5O3. The second kappa shape index (κ2) is 8.36. The summed E-state index contributed by atoms with van der Waals surface area (Å²) in [5.41, 5.74) is 11.1. The van der Waals surface area contributed by atoms with E-state index in [2.05, 4.69) is 5.32 Å². The van der Waals surface area contributed by atoms with Crippen LogP contribution >= 0.6 is 12.4 Å². The topological polar surface area (TPSA) is 125 Å². The fraction of sp³-hybridized carbons (Fsp3) is 0.526. The minimum absolute atomic E-state index is 0. The third-order valence-electron chi connectivity index (χ3n) is 4.44. The number of primary amides is 1. The minimum Gasteiger partial charge on any atom is -0.368 e. The van der Waals surface area contributed by atoms with Crippen molar-refractivity contribution in [2.24, 2.45) is 16.9 Å². The van der Waals surface area contributed by atoms with Crippen molar-refractivity contribution < 1.29 is 9.59 Å². The standard InChI is InChI=1S/C19H29N5O3.ClH/c1-18(2,3)14(15(20)25)22-16(26)24-13-9-7-6-8-12(13)23(17(24)27)11-10-19(4,5)21;/h6-9,14H,10-11,21H2,1-5H3,(H2,20,25)(H,22,26);1H/t14-;/m1./s1. The average Bonchev–Trinajstić information content (AvgIpc) is 2.80. The Bertz CT molecular complexity index is 918. The molecule has 1 atom stereocenters. The molecule has 9 heteroatoms. The maximum absolute atomic E-state index is 13.0. The molecule has 28 heavy (non-hydrogen) atoms. The SMILES string of the molecule is CC(C)(N)CCn1c(=O)n(C(=O)N[C@H](C(N)=O)C(C)(C)C)c2ccccc21.Cl. The number of rotatable bonds is 5. The molecule has 0 radical (unpaired) electrons. The van der Waals surface area contributed by atoms with Gasteiger partial charge in [-0.1, -0.05) is 32.9 Å². The van der Waals surface area contributed by atoms with E-state index in [1.165, 1.54) is 4.57 Å². The summed E-state index contributed by atoms with van der Waals surface area (Å²) in [5.74, 6) is -0.655. The van der Waals surface area contributed by atoms with Gasteiger partial charge in [0.25, 0.3) is 0 Å². The molecule has 2 rings (SSSR count). The van der Waals surface area contributed by atoms with E-state index in [9.17, 15) is 14.4 Å². The summed E-state index contributed by atoms with van der Waals surface area (Å²) >= 11 is 0. The summed E-state index contributed by atoms with van der Waals surface area (Å²) in [4.78, 5) is 37.6. The highest BCUT2D eigenvalue weighted by atomic mass is 35.5. The maximum Gasteiger partial charge on any atom is 0.337 e. The first-order valence-corrected chi connectivity index (χ1v) is 8.92. The number of halogens is 1. The highest BCUT2D eigenvalue weighted by Crippen LogP contribution is 2.20. The van der Waals surface area contributed by atoms with Crippen molar-refractivity contribution >= 4 is 35.4 Å². The van der Waals surface area contributed by atoms with Crippen LogP contribution in [0.3, 0.4) is 0 Å². The predicted octanol–water partition coefficient (Wildman–Crippen LogP) is 1.81. The number of nitrogens with one attached hydrogen (secondary N) is 1. The van der Waals surface area contributed by atoms with Gasteiger partial charge in [0.15, 0.2) is 0 Å². The van der Waals surface area contributed by atoms with Gasteiger partial charge in [0.2, 0.25) is 5.91 Å². The van der Waals surface area contributed by atoms with Gasteiger partial charge in [-0.05, 0) is 37.8 Å². The number of fused-ring (bicyclic) bond motifs is 1. The van der Waals surface area contributed by atoms with Gasteiger partial charge in [0.05, 0.1) is 11.0 Å². The van der Waals surface area contributed by atoms with Crippen molar-refractivity contribution in [1.82, 2.24) is 14.5 Å². The van der Waals surface area contributed by atoms with Gasteiger partial charge in [0.1, 0.15) is 6.04 Å². The molecule has 0 fully saturated rings. The summed E-state index contributed by atoms with van der Waals surface area (Å²) in [7, 11) is 0. The monoisotopic (exact) mass is 411 g/mol. The quantitative estimate of drug-likeness (QED) is 0.693. The average molecular weight is 412 g/mol. The van der Waals surface area contributed by atoms with Crippen molar-refractivity contribution in [3.05, 3.63) is 34.7 Å². The summed E-state index contributed by atoms with van der Waals surface area (Å²) in [5, 5.41) is 2.60. The molecule has 0 saturated heterocycles. The van der Waals surface area contributed by atoms with Gasteiger partial charge in [0, 0.05) is 12.1 Å². The predicted molar refractivity (Wildman–Crippen MR) is 113 cm³/mol. The number of nitrogens with two attached hydrogens (primary N) is 2. The van der Waals surface area contributed by atoms with Crippen molar-refractivity contribution in [2.75, 3.05) is 0 Å². The second-order valence-corrected chi connectivity index (χ2v) is 8.65. The molecule has 1 aromatic carbocycles. The van der Waals surface area contributed by atoms with E-state index < -0.39 is 34.6 Å². The molecule has 0 aliphatic heterocycles. The Balaban J connectivity index is 0.00000392. The molecular weight excluding hydrogens is 382 g/mol. The molecule has 1 aromatic heterocycles. The van der Waals surface area contributed by atoms with Crippen LogP contribution < -0.4 is 22.5 Å². The molecule has 0 aliphatic carbocycles. The summed E-state index contributed by atoms with van der Waals surface area (Å²) in [6, 6.07) is 5.42. The van der Waals surface area contributed by atoms with Crippen molar-refractivity contribution in [3.8, 4) is 0 Å². The van der Waals surface area contributed by atoms with Crippen LogP contribution in [-0.2, 0) is 11.3 Å². The van der Waals surface area contributed by atoms with Crippen molar-refractivity contribution in [1.29, 1.82) is 0 Å². The molecule has 5 N–H and O–H groups in total. The number of aromatic nitrogens is 2. The Labute approximate surface area is 170 Å². The number of hydrogen-bond donors (Lipinski definition) is 3. The number of benzene rings is 1. The van der Waals surface area contributed by atoms with Crippen LogP contribution in [0, 0.1) is 5.41 Å². The zero-order valence-corrected chi connectivity index (χ0v) is 17.8. The lowest BCUT2D eigenvalue weighted by Crippen LogP contribution is -2.54. The normalized spacial score (nSPS) is 13.1. The van der Waals surface area contributed by atoms with E-state index in [-0.39, 0.29) is 12.4 Å². The number of carbonyl (C=O) groups is 2. The van der Waals surface area contributed by atoms with Crippen LogP contribution in [0.2, 0.25) is 0 Å². The minimum atomic E-state index is -0.915. The number of amides is 2. The van der Waals surface area contributed by atoms with Crippen LogP contribution in [0.1, 0.15) is 41.0 Å². The van der Waals surface area contributed by atoms with Gasteiger partial charge < -0.3 is 16.8 Å². The van der Waals surface area contributed by atoms with Crippen LogP contribution in [-0.4, -0.2) is 32.7 Å². The molecule has 0 bridgehead atoms. The molecule has 1 heterocycles. The lowest BCUT2D eigenvalue weighted by atomic mass is 9.86. The Morgan fingerprint density at radius 1 is 1.11 bits per heavy atom. The van der Waals surface area contributed by atoms with Crippen LogP contribution in [0.5, 0.6) is 0 Å². The van der Waals surface area contributed by atoms with E-state index >= 15 is 0 Å². The fourth-order valence-corrected chi connectivity index (χ4v) is 2.92. The van der Waals surface area contributed by atoms with Gasteiger partial charge in [-0.3, -0.25) is 9.36 Å². The summed E-state index contributed by atoms with van der Waals surface area (Å²) < 4.78 is 2.57. The molecule has 2 aromatic rings. The van der Waals surface area contributed by atoms with Crippen LogP contribution in [0.4, 0.5) is 4.79 Å². The largest absolute Gasteiger partial charge is 0.368 e. The van der Waals surface area contributed by atoms with Gasteiger partial charge >= 0.3 is 11.7 Å². The Morgan fingerprint density at radius 3 is 2.11 bits per heavy atom. The van der Waals surface area contributed by atoms with E-state index in [1.54, 1.807) is 45.0 Å². The zero-order chi connectivity index (χ0) is 20.6. The third kappa shape index (κ3) is 5.14. The molecule has 8 nitrogen and oxygen atoms in total. The first-order chi connectivity index (χ1) is 12.3. The third-order valence-corrected chi connectivity index (χ3v) is 4.44. The number of hydrogen-bond acceptors (Lipinski definition) is 4. The Kier molecular flexibility index (Phi) is 7.08. The van der Waals surface area contributed by atoms with Crippen molar-refractivity contribution in [3.63, 3.8) is 0 Å².